The smallest absolute Gasteiger partial charge is 0.119 e. The fourth-order valence-electron chi connectivity index (χ4n) is 2.82. The lowest BCUT2D eigenvalue weighted by Gasteiger charge is -2.35. The van der Waals surface area contributed by atoms with E-state index in [-0.39, 0.29) is 30.9 Å². The molecule has 1 N–H and O–H groups in total. The zero-order valence-electron chi connectivity index (χ0n) is 14.4. The first-order chi connectivity index (χ1) is 10.1. The van der Waals surface area contributed by atoms with Crippen LogP contribution in [0.4, 0.5) is 0 Å². The molecule has 1 aromatic carbocycles. The molecular formula is C18H30Cl2N2O. The first-order valence-corrected chi connectivity index (χ1v) is 7.92. The van der Waals surface area contributed by atoms with Crippen molar-refractivity contribution in [2.45, 2.75) is 39.3 Å². The van der Waals surface area contributed by atoms with E-state index in [0.29, 0.717) is 6.04 Å². The van der Waals surface area contributed by atoms with Gasteiger partial charge in [-0.15, -0.1) is 31.4 Å². The van der Waals surface area contributed by atoms with Crippen LogP contribution in [0.5, 0.6) is 5.75 Å². The van der Waals surface area contributed by atoms with E-state index in [2.05, 4.69) is 61.8 Å². The van der Waals surface area contributed by atoms with Gasteiger partial charge in [0.2, 0.25) is 0 Å². The van der Waals surface area contributed by atoms with Crippen molar-refractivity contribution in [3.8, 4) is 5.75 Å². The molecule has 0 amide bonds. The lowest BCUT2D eigenvalue weighted by molar-refractivity contribution is 0.172. The van der Waals surface area contributed by atoms with Gasteiger partial charge in [-0.2, -0.15) is 0 Å². The summed E-state index contributed by atoms with van der Waals surface area (Å²) >= 11 is 0. The Kier molecular flexibility index (Phi) is 10.6. The molecule has 1 aromatic rings. The van der Waals surface area contributed by atoms with Crippen LogP contribution in [-0.2, 0) is 0 Å². The number of rotatable bonds is 6. The highest BCUT2D eigenvalue weighted by molar-refractivity contribution is 5.85. The fraction of sp³-hybridized carbons (Fsp3) is 0.556. The van der Waals surface area contributed by atoms with Crippen molar-refractivity contribution in [2.24, 2.45) is 0 Å². The molecule has 0 saturated carbocycles. The zero-order chi connectivity index (χ0) is 15.2. The van der Waals surface area contributed by atoms with E-state index in [1.165, 1.54) is 11.1 Å². The number of halogens is 2. The monoisotopic (exact) mass is 360 g/mol. The molecule has 132 valence electrons. The quantitative estimate of drug-likeness (QED) is 0.768. The van der Waals surface area contributed by atoms with E-state index in [1.807, 2.05) is 0 Å². The number of nitrogens with one attached hydrogen (secondary N) is 1. The molecule has 5 heteroatoms. The average Bonchev–Trinajstić information content (AvgIpc) is 2.46. The molecule has 1 aliphatic heterocycles. The standard InChI is InChI=1S/C18H28N2O.2ClH/c1-14(2)13-18(20-11-9-19-10-12-20)16-5-7-17(8-6-16)21-15(3)4;;/h5-8,15,18-19H,1,9-13H2,2-4H3;2*1H/t18-;;/m1../s1. The third-order valence-corrected chi connectivity index (χ3v) is 3.77. The summed E-state index contributed by atoms with van der Waals surface area (Å²) in [5.74, 6) is 0.947. The number of hydrogen-bond acceptors (Lipinski definition) is 3. The average molecular weight is 361 g/mol. The molecule has 1 aliphatic rings. The van der Waals surface area contributed by atoms with Gasteiger partial charge < -0.3 is 10.1 Å². The summed E-state index contributed by atoms with van der Waals surface area (Å²) in [5, 5.41) is 3.42. The molecule has 1 atom stereocenters. The van der Waals surface area contributed by atoms with Crippen LogP contribution in [0.15, 0.2) is 36.4 Å². The predicted octanol–water partition coefficient (Wildman–Crippen LogP) is 4.23. The second kappa shape index (κ2) is 10.9. The van der Waals surface area contributed by atoms with Gasteiger partial charge in [-0.25, -0.2) is 0 Å². The number of hydrogen-bond donors (Lipinski definition) is 1. The SMILES string of the molecule is C=C(C)C[C@H](c1ccc(OC(C)C)cc1)N1CCNCC1.Cl.Cl. The third-order valence-electron chi connectivity index (χ3n) is 3.77. The summed E-state index contributed by atoms with van der Waals surface area (Å²) in [7, 11) is 0. The minimum atomic E-state index is 0. The summed E-state index contributed by atoms with van der Waals surface area (Å²) in [6, 6.07) is 9.00. The van der Waals surface area contributed by atoms with Gasteiger partial charge in [0.1, 0.15) is 5.75 Å². The fourth-order valence-corrected chi connectivity index (χ4v) is 2.82. The second-order valence-corrected chi connectivity index (χ2v) is 6.20. The van der Waals surface area contributed by atoms with Gasteiger partial charge in [-0.3, -0.25) is 4.90 Å². The normalized spacial score (nSPS) is 16.2. The van der Waals surface area contributed by atoms with Crippen LogP contribution in [0.3, 0.4) is 0 Å². The first kappa shape index (κ1) is 22.3. The summed E-state index contributed by atoms with van der Waals surface area (Å²) in [6.45, 7) is 14.7. The van der Waals surface area contributed by atoms with Gasteiger partial charge in [0.05, 0.1) is 6.10 Å². The van der Waals surface area contributed by atoms with E-state index in [9.17, 15) is 0 Å². The molecule has 3 nitrogen and oxygen atoms in total. The molecule has 0 aliphatic carbocycles. The van der Waals surface area contributed by atoms with Crippen LogP contribution in [0.25, 0.3) is 0 Å². The van der Waals surface area contributed by atoms with Gasteiger partial charge in [0.25, 0.3) is 0 Å². The minimum absolute atomic E-state index is 0. The van der Waals surface area contributed by atoms with E-state index in [4.69, 9.17) is 4.74 Å². The van der Waals surface area contributed by atoms with E-state index in [0.717, 1.165) is 38.3 Å². The maximum atomic E-state index is 5.73. The number of nitrogens with zero attached hydrogens (tertiary/aromatic N) is 1. The van der Waals surface area contributed by atoms with E-state index < -0.39 is 0 Å². The highest BCUT2D eigenvalue weighted by Crippen LogP contribution is 2.29. The molecule has 0 unspecified atom stereocenters. The summed E-state index contributed by atoms with van der Waals surface area (Å²) in [5.41, 5.74) is 2.59. The molecule has 1 fully saturated rings. The van der Waals surface area contributed by atoms with Gasteiger partial charge in [0.15, 0.2) is 0 Å². The maximum absolute atomic E-state index is 5.73. The molecule has 1 saturated heterocycles. The van der Waals surface area contributed by atoms with Gasteiger partial charge in [-0.05, 0) is 44.9 Å². The van der Waals surface area contributed by atoms with Gasteiger partial charge in [-0.1, -0.05) is 17.7 Å². The van der Waals surface area contributed by atoms with Gasteiger partial charge in [0, 0.05) is 32.2 Å². The van der Waals surface area contributed by atoms with Crippen LogP contribution >= 0.6 is 24.8 Å². The van der Waals surface area contributed by atoms with Crippen LogP contribution in [0.2, 0.25) is 0 Å². The Morgan fingerprint density at radius 1 is 1.17 bits per heavy atom. The largest absolute Gasteiger partial charge is 0.491 e. The number of ether oxygens (including phenoxy) is 1. The van der Waals surface area contributed by atoms with Crippen LogP contribution in [-0.4, -0.2) is 37.2 Å². The Bertz CT molecular complexity index is 457. The van der Waals surface area contributed by atoms with E-state index >= 15 is 0 Å². The number of benzene rings is 1. The van der Waals surface area contributed by atoms with Crippen molar-refractivity contribution in [1.29, 1.82) is 0 Å². The maximum Gasteiger partial charge on any atom is 0.119 e. The van der Waals surface area contributed by atoms with Crippen LogP contribution < -0.4 is 10.1 Å². The van der Waals surface area contributed by atoms with Crippen molar-refractivity contribution < 1.29 is 4.74 Å². The molecule has 1 heterocycles. The Morgan fingerprint density at radius 2 is 1.74 bits per heavy atom. The Morgan fingerprint density at radius 3 is 2.22 bits per heavy atom. The highest BCUT2D eigenvalue weighted by Gasteiger charge is 2.22. The summed E-state index contributed by atoms with van der Waals surface area (Å²) in [4.78, 5) is 2.56. The third kappa shape index (κ3) is 7.13. The molecular weight excluding hydrogens is 331 g/mol. The van der Waals surface area contributed by atoms with Gasteiger partial charge >= 0.3 is 0 Å². The number of piperazine rings is 1. The molecule has 23 heavy (non-hydrogen) atoms. The van der Waals surface area contributed by atoms with Crippen molar-refractivity contribution in [3.63, 3.8) is 0 Å². The Hall–Kier alpha value is -0.740. The van der Waals surface area contributed by atoms with Crippen molar-refractivity contribution in [3.05, 3.63) is 42.0 Å². The molecule has 0 aromatic heterocycles. The Balaban J connectivity index is 0.00000242. The topological polar surface area (TPSA) is 24.5 Å². The summed E-state index contributed by atoms with van der Waals surface area (Å²) < 4.78 is 5.73. The van der Waals surface area contributed by atoms with Crippen LogP contribution in [0.1, 0.15) is 38.8 Å². The highest BCUT2D eigenvalue weighted by atomic mass is 35.5. The zero-order valence-corrected chi connectivity index (χ0v) is 16.0. The lowest BCUT2D eigenvalue weighted by atomic mass is 9.98. The molecule has 0 bridgehead atoms. The van der Waals surface area contributed by atoms with Crippen molar-refractivity contribution in [1.82, 2.24) is 10.2 Å². The molecule has 0 radical (unpaired) electrons. The Labute approximate surface area is 153 Å². The predicted molar refractivity (Wildman–Crippen MR) is 103 cm³/mol. The van der Waals surface area contributed by atoms with Crippen molar-refractivity contribution >= 4 is 24.8 Å². The molecule has 2 rings (SSSR count). The first-order valence-electron chi connectivity index (χ1n) is 7.92. The van der Waals surface area contributed by atoms with Crippen molar-refractivity contribution in [2.75, 3.05) is 26.2 Å². The summed E-state index contributed by atoms with van der Waals surface area (Å²) in [6.07, 6.45) is 1.24. The molecule has 0 spiro atoms. The van der Waals surface area contributed by atoms with Crippen LogP contribution in [0, 0.1) is 0 Å². The minimum Gasteiger partial charge on any atom is -0.491 e. The lowest BCUT2D eigenvalue weighted by Crippen LogP contribution is -2.45. The van der Waals surface area contributed by atoms with E-state index in [1.54, 1.807) is 0 Å². The second-order valence-electron chi connectivity index (χ2n) is 6.20.